The van der Waals surface area contributed by atoms with Crippen LogP contribution in [0.4, 0.5) is 0 Å². The first-order chi connectivity index (χ1) is 9.80. The van der Waals surface area contributed by atoms with Crippen LogP contribution in [0.15, 0.2) is 18.2 Å². The molecule has 0 spiro atoms. The van der Waals surface area contributed by atoms with E-state index < -0.39 is 9.84 Å². The summed E-state index contributed by atoms with van der Waals surface area (Å²) in [6, 6.07) is 4.92. The van der Waals surface area contributed by atoms with E-state index in [0.717, 1.165) is 0 Å². The molecule has 0 radical (unpaired) electrons. The van der Waals surface area contributed by atoms with Gasteiger partial charge in [-0.2, -0.15) is 0 Å². The van der Waals surface area contributed by atoms with Crippen LogP contribution in [0.2, 0.25) is 10.0 Å². The van der Waals surface area contributed by atoms with Crippen molar-refractivity contribution in [3.05, 3.63) is 33.8 Å². The van der Waals surface area contributed by atoms with Crippen LogP contribution < -0.4 is 0 Å². The lowest BCUT2D eigenvalue weighted by atomic mass is 10.1. The maximum Gasteiger partial charge on any atom is 0.165 e. The summed E-state index contributed by atoms with van der Waals surface area (Å²) in [7, 11) is -2.93. The summed E-state index contributed by atoms with van der Waals surface area (Å²) < 4.78 is 23.0. The Morgan fingerprint density at radius 3 is 2.76 bits per heavy atom. The molecule has 1 saturated heterocycles. The van der Waals surface area contributed by atoms with Crippen LogP contribution >= 0.6 is 23.2 Å². The molecule has 0 bridgehead atoms. The van der Waals surface area contributed by atoms with Crippen LogP contribution in [0.5, 0.6) is 0 Å². The lowest BCUT2D eigenvalue weighted by Gasteiger charge is -2.32. The molecule has 1 heterocycles. The van der Waals surface area contributed by atoms with Crippen molar-refractivity contribution >= 4 is 38.8 Å². The monoisotopic (exact) mass is 349 g/mol. The summed E-state index contributed by atoms with van der Waals surface area (Å²) in [4.78, 5) is 14.2. The summed E-state index contributed by atoms with van der Waals surface area (Å²) >= 11 is 11.9. The number of ketones is 1. The molecule has 7 heteroatoms. The predicted molar refractivity (Wildman–Crippen MR) is 85.1 cm³/mol. The fourth-order valence-corrected chi connectivity index (χ4v) is 4.50. The summed E-state index contributed by atoms with van der Waals surface area (Å²) in [6.07, 6.45) is 0.296. The van der Waals surface area contributed by atoms with Crippen LogP contribution in [0, 0.1) is 0 Å². The van der Waals surface area contributed by atoms with Crippen molar-refractivity contribution in [2.24, 2.45) is 0 Å². The van der Waals surface area contributed by atoms with Gasteiger partial charge in [-0.15, -0.1) is 0 Å². The fourth-order valence-electron chi connectivity index (χ4n) is 2.46. The van der Waals surface area contributed by atoms with Crippen LogP contribution in [0.3, 0.4) is 0 Å². The third-order valence-corrected chi connectivity index (χ3v) is 6.30. The molecule has 1 aromatic carbocycles. The maximum absolute atomic E-state index is 12.2. The molecule has 0 aromatic heterocycles. The topological polar surface area (TPSA) is 54.5 Å². The zero-order valence-electron chi connectivity index (χ0n) is 11.7. The van der Waals surface area contributed by atoms with Gasteiger partial charge in [0.25, 0.3) is 0 Å². The second-order valence-corrected chi connectivity index (χ2v) is 8.29. The summed E-state index contributed by atoms with van der Waals surface area (Å²) in [5, 5.41) is 0.637. The van der Waals surface area contributed by atoms with Gasteiger partial charge < -0.3 is 0 Å². The Bertz CT molecular complexity index is 646. The Balaban J connectivity index is 1.97. The highest BCUT2D eigenvalue weighted by Gasteiger charge is 2.28. The normalized spacial score (nSPS) is 22.1. The molecule has 21 heavy (non-hydrogen) atoms. The van der Waals surface area contributed by atoms with Gasteiger partial charge in [0.1, 0.15) is 0 Å². The van der Waals surface area contributed by atoms with Gasteiger partial charge in [-0.3, -0.25) is 9.69 Å². The Morgan fingerprint density at radius 2 is 2.10 bits per heavy atom. The average Bonchev–Trinajstić information content (AvgIpc) is 2.40. The first kappa shape index (κ1) is 16.7. The minimum absolute atomic E-state index is 0.0635. The van der Waals surface area contributed by atoms with Crippen LogP contribution in [0.1, 0.15) is 23.7 Å². The number of halogens is 2. The summed E-state index contributed by atoms with van der Waals surface area (Å²) in [5.74, 6) is 0.228. The lowest BCUT2D eigenvalue weighted by molar-refractivity contribution is 0.0957. The Hall–Kier alpha value is -0.620. The Labute approximate surface area is 134 Å². The largest absolute Gasteiger partial charge is 0.298 e. The summed E-state index contributed by atoms with van der Waals surface area (Å²) in [6.45, 7) is 2.87. The van der Waals surface area contributed by atoms with Gasteiger partial charge in [-0.25, -0.2) is 8.42 Å². The second-order valence-electron chi connectivity index (χ2n) is 5.27. The molecule has 1 aromatic rings. The zero-order valence-corrected chi connectivity index (χ0v) is 14.0. The van der Waals surface area contributed by atoms with E-state index in [2.05, 4.69) is 0 Å². The van der Waals surface area contributed by atoms with E-state index in [1.54, 1.807) is 18.2 Å². The fraction of sp³-hybridized carbons (Fsp3) is 0.500. The van der Waals surface area contributed by atoms with Crippen molar-refractivity contribution in [1.29, 1.82) is 0 Å². The highest BCUT2D eigenvalue weighted by molar-refractivity contribution is 7.91. The molecular formula is C14H17Cl2NO3S. The smallest absolute Gasteiger partial charge is 0.165 e. The van der Waals surface area contributed by atoms with Crippen LogP contribution in [-0.2, 0) is 9.84 Å². The molecule has 1 fully saturated rings. The highest BCUT2D eigenvalue weighted by Crippen LogP contribution is 2.26. The lowest BCUT2D eigenvalue weighted by Crippen LogP contribution is -2.47. The van der Waals surface area contributed by atoms with E-state index in [9.17, 15) is 13.2 Å². The average molecular weight is 350 g/mol. The van der Waals surface area contributed by atoms with E-state index in [1.807, 2.05) is 11.8 Å². The number of Topliss-reactive ketones (excluding diaryl/α,β-unsaturated/α-hetero) is 1. The van der Waals surface area contributed by atoms with Gasteiger partial charge in [-0.1, -0.05) is 29.3 Å². The first-order valence-electron chi connectivity index (χ1n) is 6.72. The SMILES string of the molecule is CC1CS(=O)(=O)CCN1CCC(=O)c1cccc(Cl)c1Cl. The Morgan fingerprint density at radius 1 is 1.38 bits per heavy atom. The number of rotatable bonds is 4. The Kier molecular flexibility index (Phi) is 5.30. The molecule has 0 saturated carbocycles. The minimum Gasteiger partial charge on any atom is -0.298 e. The maximum atomic E-state index is 12.2. The van der Waals surface area contributed by atoms with Crippen molar-refractivity contribution in [3.8, 4) is 0 Å². The van der Waals surface area contributed by atoms with Crippen molar-refractivity contribution in [2.45, 2.75) is 19.4 Å². The predicted octanol–water partition coefficient (Wildman–Crippen LogP) is 2.69. The number of carbonyl (C=O) groups excluding carboxylic acids is 1. The molecule has 1 aliphatic rings. The number of hydrogen-bond donors (Lipinski definition) is 0. The van der Waals surface area contributed by atoms with Crippen molar-refractivity contribution in [3.63, 3.8) is 0 Å². The molecule has 0 amide bonds. The van der Waals surface area contributed by atoms with Gasteiger partial charge in [0.05, 0.1) is 21.6 Å². The number of carbonyl (C=O) groups is 1. The van der Waals surface area contributed by atoms with E-state index in [0.29, 0.717) is 30.1 Å². The quantitative estimate of drug-likeness (QED) is 0.784. The summed E-state index contributed by atoms with van der Waals surface area (Å²) in [5.41, 5.74) is 0.418. The number of nitrogens with zero attached hydrogens (tertiary/aromatic N) is 1. The van der Waals surface area contributed by atoms with Gasteiger partial charge >= 0.3 is 0 Å². The zero-order chi connectivity index (χ0) is 15.6. The third-order valence-electron chi connectivity index (χ3n) is 3.69. The molecule has 0 N–H and O–H groups in total. The van der Waals surface area contributed by atoms with Crippen molar-refractivity contribution in [1.82, 2.24) is 4.90 Å². The van der Waals surface area contributed by atoms with Gasteiger partial charge in [0, 0.05) is 31.1 Å². The third kappa shape index (κ3) is 4.19. The van der Waals surface area contributed by atoms with Gasteiger partial charge in [-0.05, 0) is 19.1 Å². The second kappa shape index (κ2) is 6.65. The van der Waals surface area contributed by atoms with Crippen LogP contribution in [0.25, 0.3) is 0 Å². The van der Waals surface area contributed by atoms with Gasteiger partial charge in [0.15, 0.2) is 15.6 Å². The number of benzene rings is 1. The van der Waals surface area contributed by atoms with Crippen molar-refractivity contribution in [2.75, 3.05) is 24.6 Å². The molecule has 4 nitrogen and oxygen atoms in total. The molecule has 116 valence electrons. The molecule has 1 atom stereocenters. The molecule has 0 aliphatic carbocycles. The van der Waals surface area contributed by atoms with E-state index in [-0.39, 0.29) is 28.4 Å². The molecule has 1 unspecified atom stereocenters. The number of hydrogen-bond acceptors (Lipinski definition) is 4. The highest BCUT2D eigenvalue weighted by atomic mass is 35.5. The molecule has 1 aliphatic heterocycles. The molecule has 2 rings (SSSR count). The van der Waals surface area contributed by atoms with Crippen molar-refractivity contribution < 1.29 is 13.2 Å². The first-order valence-corrected chi connectivity index (χ1v) is 9.29. The van der Waals surface area contributed by atoms with E-state index in [4.69, 9.17) is 23.2 Å². The minimum atomic E-state index is -2.93. The van der Waals surface area contributed by atoms with Gasteiger partial charge in [0.2, 0.25) is 0 Å². The molecular weight excluding hydrogens is 333 g/mol. The van der Waals surface area contributed by atoms with E-state index in [1.165, 1.54) is 0 Å². The van der Waals surface area contributed by atoms with E-state index >= 15 is 0 Å². The standard InChI is InChI=1S/C14H17Cl2NO3S/c1-10-9-21(19,20)8-7-17(10)6-5-13(18)11-3-2-4-12(15)14(11)16/h2-4,10H,5-9H2,1H3. The van der Waals surface area contributed by atoms with Crippen LogP contribution in [-0.4, -0.2) is 49.7 Å². The number of sulfone groups is 1.